The van der Waals surface area contributed by atoms with E-state index < -0.39 is 23.0 Å². The van der Waals surface area contributed by atoms with Crippen molar-refractivity contribution in [2.75, 3.05) is 4.90 Å². The number of amides is 2. The fourth-order valence-electron chi connectivity index (χ4n) is 3.62. The number of halogens is 1. The molecule has 5 rings (SSSR count). The molecular weight excluding hydrogens is 425 g/mol. The molecule has 33 heavy (non-hydrogen) atoms. The monoisotopic (exact) mass is 443 g/mol. The van der Waals surface area contributed by atoms with Crippen molar-refractivity contribution in [3.05, 3.63) is 79.1 Å². The quantitative estimate of drug-likeness (QED) is 0.453. The number of aromatic nitrogens is 3. The van der Waals surface area contributed by atoms with Gasteiger partial charge < -0.3 is 10.5 Å². The third-order valence-electron chi connectivity index (χ3n) is 5.63. The Morgan fingerprint density at radius 1 is 0.970 bits per heavy atom. The Bertz CT molecular complexity index is 1350. The largest absolute Gasteiger partial charge is 0.438 e. The molecule has 0 saturated heterocycles. The highest BCUT2D eigenvalue weighted by molar-refractivity contribution is 6.16. The van der Waals surface area contributed by atoms with Crippen molar-refractivity contribution in [2.45, 2.75) is 12.8 Å². The van der Waals surface area contributed by atoms with E-state index in [4.69, 9.17) is 10.5 Å². The lowest BCUT2D eigenvalue weighted by atomic mass is 10.0. The van der Waals surface area contributed by atoms with E-state index in [2.05, 4.69) is 15.0 Å². The zero-order valence-electron chi connectivity index (χ0n) is 17.3. The lowest BCUT2D eigenvalue weighted by Crippen LogP contribution is -2.41. The third kappa shape index (κ3) is 3.73. The number of ether oxygens (including phenoxy) is 1. The van der Waals surface area contributed by atoms with Crippen LogP contribution in [0.2, 0.25) is 0 Å². The van der Waals surface area contributed by atoms with Gasteiger partial charge in [0.05, 0.1) is 17.1 Å². The van der Waals surface area contributed by atoms with Gasteiger partial charge in [-0.2, -0.15) is 0 Å². The summed E-state index contributed by atoms with van der Waals surface area (Å²) in [6.07, 6.45) is 5.40. The van der Waals surface area contributed by atoms with Crippen LogP contribution in [0.3, 0.4) is 0 Å². The summed E-state index contributed by atoms with van der Waals surface area (Å²) in [4.78, 5) is 39.1. The zero-order valence-corrected chi connectivity index (χ0v) is 17.3. The van der Waals surface area contributed by atoms with Crippen molar-refractivity contribution < 1.29 is 18.7 Å². The number of anilines is 2. The molecule has 8 nitrogen and oxygen atoms in total. The van der Waals surface area contributed by atoms with Crippen LogP contribution in [0.25, 0.3) is 10.9 Å². The van der Waals surface area contributed by atoms with E-state index in [1.807, 2.05) is 0 Å². The van der Waals surface area contributed by atoms with Crippen LogP contribution in [0, 0.1) is 11.2 Å². The fourth-order valence-corrected chi connectivity index (χ4v) is 3.62. The second-order valence-electron chi connectivity index (χ2n) is 7.73. The molecular formula is C24H18FN5O3. The van der Waals surface area contributed by atoms with Gasteiger partial charge in [-0.25, -0.2) is 14.4 Å². The maximum atomic E-state index is 13.5. The number of rotatable bonds is 6. The highest BCUT2D eigenvalue weighted by atomic mass is 19.1. The molecule has 0 bridgehead atoms. The summed E-state index contributed by atoms with van der Waals surface area (Å²) in [6.45, 7) is 0. The fraction of sp³-hybridized carbons (Fsp3) is 0.125. The number of hydrogen-bond donors (Lipinski definition) is 1. The Balaban J connectivity index is 1.48. The lowest BCUT2D eigenvalue weighted by Gasteiger charge is -2.26. The summed E-state index contributed by atoms with van der Waals surface area (Å²) in [6, 6.07) is 13.9. The van der Waals surface area contributed by atoms with Crippen LogP contribution in [-0.4, -0.2) is 26.8 Å². The first kappa shape index (κ1) is 20.5. The summed E-state index contributed by atoms with van der Waals surface area (Å²) >= 11 is 0. The van der Waals surface area contributed by atoms with Gasteiger partial charge in [-0.15, -0.1) is 0 Å². The van der Waals surface area contributed by atoms with Crippen molar-refractivity contribution in [1.82, 2.24) is 15.0 Å². The summed E-state index contributed by atoms with van der Waals surface area (Å²) < 4.78 is 19.4. The number of nitrogens with two attached hydrogens (primary N) is 1. The van der Waals surface area contributed by atoms with E-state index in [0.717, 1.165) is 0 Å². The number of benzene rings is 2. The molecule has 2 aromatic heterocycles. The second-order valence-corrected chi connectivity index (χ2v) is 7.73. The number of pyridine rings is 1. The van der Waals surface area contributed by atoms with Gasteiger partial charge in [0.15, 0.2) is 0 Å². The topological polar surface area (TPSA) is 111 Å². The highest BCUT2D eigenvalue weighted by Gasteiger charge is 2.57. The predicted molar refractivity (Wildman–Crippen MR) is 118 cm³/mol. The van der Waals surface area contributed by atoms with Gasteiger partial charge in [0.25, 0.3) is 0 Å². The van der Waals surface area contributed by atoms with E-state index in [1.165, 1.54) is 35.5 Å². The van der Waals surface area contributed by atoms with Crippen LogP contribution < -0.4 is 15.4 Å². The molecule has 9 heteroatoms. The number of hydrogen-bond acceptors (Lipinski definition) is 6. The van der Waals surface area contributed by atoms with Crippen LogP contribution >= 0.6 is 0 Å². The van der Waals surface area contributed by atoms with Crippen LogP contribution in [-0.2, 0) is 9.59 Å². The minimum atomic E-state index is -1.24. The Labute approximate surface area is 187 Å². The van der Waals surface area contributed by atoms with Crippen molar-refractivity contribution in [3.63, 3.8) is 0 Å². The van der Waals surface area contributed by atoms with Crippen LogP contribution in [0.4, 0.5) is 15.8 Å². The molecule has 0 atom stereocenters. The van der Waals surface area contributed by atoms with Crippen molar-refractivity contribution in [3.8, 4) is 11.6 Å². The third-order valence-corrected chi connectivity index (χ3v) is 5.63. The average molecular weight is 443 g/mol. The van der Waals surface area contributed by atoms with E-state index >= 15 is 0 Å². The van der Waals surface area contributed by atoms with Gasteiger partial charge in [0.2, 0.25) is 17.7 Å². The number of carbonyl (C=O) groups is 2. The Morgan fingerprint density at radius 2 is 1.64 bits per heavy atom. The average Bonchev–Trinajstić information content (AvgIpc) is 3.64. The Morgan fingerprint density at radius 3 is 2.27 bits per heavy atom. The van der Waals surface area contributed by atoms with E-state index in [-0.39, 0.29) is 0 Å². The Kier molecular flexibility index (Phi) is 4.93. The molecule has 2 amide bonds. The first-order chi connectivity index (χ1) is 16.0. The first-order valence-electron chi connectivity index (χ1n) is 10.2. The van der Waals surface area contributed by atoms with Gasteiger partial charge in [0, 0.05) is 17.6 Å². The molecule has 2 aromatic carbocycles. The second kappa shape index (κ2) is 7.94. The van der Waals surface area contributed by atoms with Gasteiger partial charge >= 0.3 is 0 Å². The number of primary amides is 1. The summed E-state index contributed by atoms with van der Waals surface area (Å²) in [5.74, 6) is -0.683. The van der Waals surface area contributed by atoms with Crippen LogP contribution in [0.5, 0.6) is 11.6 Å². The molecule has 4 aromatic rings. The van der Waals surface area contributed by atoms with Gasteiger partial charge in [-0.05, 0) is 67.4 Å². The lowest BCUT2D eigenvalue weighted by molar-refractivity contribution is -0.133. The molecule has 1 saturated carbocycles. The van der Waals surface area contributed by atoms with Gasteiger partial charge in [-0.1, -0.05) is 0 Å². The molecule has 1 aliphatic rings. The SMILES string of the molecule is NC(=O)C1(C(=O)N(c2ccc(F)cc2)c2ccc(Oc3ncnc4cnccc34)cc2)CC1. The maximum Gasteiger partial charge on any atom is 0.247 e. The Hall–Kier alpha value is -4.40. The summed E-state index contributed by atoms with van der Waals surface area (Å²) in [7, 11) is 0. The molecule has 2 N–H and O–H groups in total. The summed E-state index contributed by atoms with van der Waals surface area (Å²) in [5.41, 5.74) is 5.85. The number of nitrogens with zero attached hydrogens (tertiary/aromatic N) is 4. The molecule has 0 radical (unpaired) electrons. The smallest absolute Gasteiger partial charge is 0.247 e. The normalized spacial score (nSPS) is 14.0. The van der Waals surface area contributed by atoms with E-state index in [0.29, 0.717) is 46.7 Å². The van der Waals surface area contributed by atoms with E-state index in [1.54, 1.807) is 42.7 Å². The molecule has 1 aliphatic carbocycles. The minimum absolute atomic E-state index is 0.368. The molecule has 0 unspecified atom stereocenters. The van der Waals surface area contributed by atoms with E-state index in [9.17, 15) is 14.0 Å². The predicted octanol–water partition coefficient (Wildman–Crippen LogP) is 3.89. The molecule has 2 heterocycles. The van der Waals surface area contributed by atoms with Crippen LogP contribution in [0.1, 0.15) is 12.8 Å². The molecule has 164 valence electrons. The maximum absolute atomic E-state index is 13.5. The molecule has 0 aliphatic heterocycles. The zero-order chi connectivity index (χ0) is 23.0. The standard InChI is InChI=1S/C24H18FN5O3/c25-15-1-3-16(4-2-15)30(23(32)24(10-11-24)22(26)31)17-5-7-18(8-6-17)33-21-19-9-12-27-13-20(19)28-14-29-21/h1-9,12-14H,10-11H2,(H2,26,31). The van der Waals surface area contributed by atoms with Gasteiger partial charge in [0.1, 0.15) is 23.3 Å². The van der Waals surface area contributed by atoms with Gasteiger partial charge in [-0.3, -0.25) is 19.5 Å². The highest BCUT2D eigenvalue weighted by Crippen LogP contribution is 2.49. The minimum Gasteiger partial charge on any atom is -0.438 e. The van der Waals surface area contributed by atoms with Crippen molar-refractivity contribution in [1.29, 1.82) is 0 Å². The van der Waals surface area contributed by atoms with Crippen molar-refractivity contribution in [2.24, 2.45) is 11.1 Å². The molecule has 0 spiro atoms. The first-order valence-corrected chi connectivity index (χ1v) is 10.2. The summed E-state index contributed by atoms with van der Waals surface area (Å²) in [5, 5.41) is 0.705. The van der Waals surface area contributed by atoms with Crippen molar-refractivity contribution >= 4 is 34.1 Å². The van der Waals surface area contributed by atoms with Crippen LogP contribution in [0.15, 0.2) is 73.3 Å². The molecule has 1 fully saturated rings. The number of fused-ring (bicyclic) bond motifs is 1. The number of carbonyl (C=O) groups excluding carboxylic acids is 2.